The van der Waals surface area contributed by atoms with Crippen molar-refractivity contribution in [2.75, 3.05) is 16.6 Å². The summed E-state index contributed by atoms with van der Waals surface area (Å²) < 4.78 is 32.3. The highest BCUT2D eigenvalue weighted by Gasteiger charge is 2.16. The lowest BCUT2D eigenvalue weighted by Gasteiger charge is -2.13. The molecule has 1 amide bonds. The van der Waals surface area contributed by atoms with Gasteiger partial charge in [0.25, 0.3) is 10.0 Å². The van der Waals surface area contributed by atoms with Crippen molar-refractivity contribution in [3.63, 3.8) is 0 Å². The van der Waals surface area contributed by atoms with E-state index in [1.165, 1.54) is 23.9 Å². The number of rotatable bonds is 9. The highest BCUT2D eigenvalue weighted by Crippen LogP contribution is 2.26. The number of hydrogen-bond acceptors (Lipinski definition) is 6. The Morgan fingerprint density at radius 2 is 1.52 bits per heavy atom. The molecule has 9 heteroatoms. The van der Waals surface area contributed by atoms with Crippen molar-refractivity contribution in [3.05, 3.63) is 84.4 Å². The summed E-state index contributed by atoms with van der Waals surface area (Å²) in [6, 6.07) is 21.4. The van der Waals surface area contributed by atoms with Gasteiger partial charge in [-0.1, -0.05) is 18.2 Å². The molecule has 3 aromatic carbocycles. The first-order chi connectivity index (χ1) is 15.8. The van der Waals surface area contributed by atoms with E-state index in [0.29, 0.717) is 23.5 Å². The summed E-state index contributed by atoms with van der Waals surface area (Å²) in [5.41, 5.74) is 1.42. The topological polar surface area (TPSA) is 102 Å². The maximum absolute atomic E-state index is 12.5. The van der Waals surface area contributed by atoms with Gasteiger partial charge in [-0.15, -0.1) is 11.8 Å². The van der Waals surface area contributed by atoms with E-state index in [4.69, 9.17) is 4.74 Å². The van der Waals surface area contributed by atoms with Crippen LogP contribution in [-0.2, 0) is 19.6 Å². The van der Waals surface area contributed by atoms with E-state index in [0.717, 1.165) is 4.90 Å². The van der Waals surface area contributed by atoms with Crippen LogP contribution in [0.2, 0.25) is 0 Å². The molecule has 0 spiro atoms. The number of amides is 1. The number of carbonyl (C=O) groups is 2. The van der Waals surface area contributed by atoms with E-state index in [2.05, 4.69) is 10.0 Å². The zero-order valence-electron chi connectivity index (χ0n) is 18.1. The Morgan fingerprint density at radius 3 is 2.12 bits per heavy atom. The zero-order valence-corrected chi connectivity index (χ0v) is 19.8. The SMILES string of the molecule is CCOC(=O)c1ccc(NC(=O)C(C)Sc2ccc(NS(=O)(=O)c3ccccc3)cc2)cc1. The molecule has 0 aliphatic rings. The summed E-state index contributed by atoms with van der Waals surface area (Å²) >= 11 is 1.35. The minimum Gasteiger partial charge on any atom is -0.462 e. The smallest absolute Gasteiger partial charge is 0.338 e. The predicted octanol–water partition coefficient (Wildman–Crippen LogP) is 4.78. The van der Waals surface area contributed by atoms with E-state index in [9.17, 15) is 18.0 Å². The second-order valence-corrected chi connectivity index (χ2v) is 10.1. The number of sulfonamides is 1. The molecule has 3 aromatic rings. The molecule has 0 bridgehead atoms. The Kier molecular flexibility index (Phi) is 8.13. The molecular weight excluding hydrogens is 460 g/mol. The van der Waals surface area contributed by atoms with Crippen molar-refractivity contribution in [2.45, 2.75) is 28.9 Å². The number of nitrogens with one attached hydrogen (secondary N) is 2. The number of ether oxygens (including phenoxy) is 1. The third-order valence-electron chi connectivity index (χ3n) is 4.51. The standard InChI is InChI=1S/C24H24N2O5S2/c1-3-31-24(28)18-9-11-19(12-10-18)25-23(27)17(2)32-21-15-13-20(14-16-21)26-33(29,30)22-7-5-4-6-8-22/h4-17,26H,3H2,1-2H3,(H,25,27). The molecule has 0 aliphatic heterocycles. The molecular formula is C24H24N2O5S2. The fourth-order valence-electron chi connectivity index (χ4n) is 2.82. The van der Waals surface area contributed by atoms with Crippen molar-refractivity contribution in [3.8, 4) is 0 Å². The van der Waals surface area contributed by atoms with E-state index in [1.54, 1.807) is 80.6 Å². The molecule has 0 heterocycles. The number of carbonyl (C=O) groups excluding carboxylic acids is 2. The van der Waals surface area contributed by atoms with Gasteiger partial charge in [-0.25, -0.2) is 13.2 Å². The molecule has 1 atom stereocenters. The molecule has 3 rings (SSSR count). The maximum atomic E-state index is 12.5. The van der Waals surface area contributed by atoms with Crippen LogP contribution in [0.3, 0.4) is 0 Å². The first-order valence-electron chi connectivity index (χ1n) is 10.2. The molecule has 0 fully saturated rings. The van der Waals surface area contributed by atoms with E-state index in [1.807, 2.05) is 0 Å². The summed E-state index contributed by atoms with van der Waals surface area (Å²) in [5.74, 6) is -0.605. The Balaban J connectivity index is 1.56. The van der Waals surface area contributed by atoms with Gasteiger partial charge in [0, 0.05) is 16.3 Å². The summed E-state index contributed by atoms with van der Waals surface area (Å²) in [4.78, 5) is 25.2. The van der Waals surface area contributed by atoms with Gasteiger partial charge in [-0.2, -0.15) is 0 Å². The predicted molar refractivity (Wildman–Crippen MR) is 130 cm³/mol. The summed E-state index contributed by atoms with van der Waals surface area (Å²) in [5, 5.41) is 2.42. The second kappa shape index (κ2) is 11.0. The molecule has 33 heavy (non-hydrogen) atoms. The van der Waals surface area contributed by atoms with Gasteiger partial charge in [0.15, 0.2) is 0 Å². The number of thioether (sulfide) groups is 1. The Hall–Kier alpha value is -3.30. The lowest BCUT2D eigenvalue weighted by molar-refractivity contribution is -0.115. The molecule has 172 valence electrons. The van der Waals surface area contributed by atoms with Gasteiger partial charge < -0.3 is 10.1 Å². The average molecular weight is 485 g/mol. The normalized spacial score (nSPS) is 11.9. The highest BCUT2D eigenvalue weighted by molar-refractivity contribution is 8.00. The molecule has 0 aromatic heterocycles. The third-order valence-corrected chi connectivity index (χ3v) is 7.01. The number of hydrogen-bond donors (Lipinski definition) is 2. The zero-order chi connectivity index (χ0) is 23.8. The van der Waals surface area contributed by atoms with Gasteiger partial charge >= 0.3 is 5.97 Å². The van der Waals surface area contributed by atoms with Gasteiger partial charge in [0.05, 0.1) is 22.3 Å². The van der Waals surface area contributed by atoms with E-state index >= 15 is 0 Å². The van der Waals surface area contributed by atoms with Crippen LogP contribution in [-0.4, -0.2) is 32.2 Å². The van der Waals surface area contributed by atoms with Crippen LogP contribution in [0, 0.1) is 0 Å². The Morgan fingerprint density at radius 1 is 0.909 bits per heavy atom. The Bertz CT molecular complexity index is 1200. The van der Waals surface area contributed by atoms with Crippen LogP contribution < -0.4 is 10.0 Å². The quantitative estimate of drug-likeness (QED) is 0.335. The first-order valence-corrected chi connectivity index (χ1v) is 12.6. The molecule has 7 nitrogen and oxygen atoms in total. The monoisotopic (exact) mass is 484 g/mol. The van der Waals surface area contributed by atoms with E-state index < -0.39 is 21.2 Å². The van der Waals surface area contributed by atoms with Crippen molar-refractivity contribution in [2.24, 2.45) is 0 Å². The van der Waals surface area contributed by atoms with Crippen LogP contribution in [0.15, 0.2) is 88.7 Å². The lowest BCUT2D eigenvalue weighted by atomic mass is 10.2. The summed E-state index contributed by atoms with van der Waals surface area (Å²) in [6.07, 6.45) is 0. The van der Waals surface area contributed by atoms with Crippen molar-refractivity contribution in [1.29, 1.82) is 0 Å². The van der Waals surface area contributed by atoms with Crippen LogP contribution in [0.25, 0.3) is 0 Å². The van der Waals surface area contributed by atoms with Crippen LogP contribution in [0.1, 0.15) is 24.2 Å². The van der Waals surface area contributed by atoms with Crippen LogP contribution >= 0.6 is 11.8 Å². The van der Waals surface area contributed by atoms with Gasteiger partial charge in [0.2, 0.25) is 5.91 Å². The van der Waals surface area contributed by atoms with E-state index in [-0.39, 0.29) is 10.8 Å². The van der Waals surface area contributed by atoms with Crippen molar-refractivity contribution >= 4 is 45.0 Å². The maximum Gasteiger partial charge on any atom is 0.338 e. The molecule has 0 radical (unpaired) electrons. The highest BCUT2D eigenvalue weighted by atomic mass is 32.2. The number of esters is 1. The minimum atomic E-state index is -3.66. The van der Waals surface area contributed by atoms with Crippen LogP contribution in [0.5, 0.6) is 0 Å². The third kappa shape index (κ3) is 6.84. The van der Waals surface area contributed by atoms with Crippen molar-refractivity contribution < 1.29 is 22.7 Å². The molecule has 1 unspecified atom stereocenters. The fourth-order valence-corrected chi connectivity index (χ4v) is 4.77. The molecule has 0 aliphatic carbocycles. The average Bonchev–Trinajstić information content (AvgIpc) is 2.81. The number of anilines is 2. The molecule has 2 N–H and O–H groups in total. The van der Waals surface area contributed by atoms with Gasteiger partial charge in [-0.05, 0) is 74.5 Å². The lowest BCUT2D eigenvalue weighted by Crippen LogP contribution is -2.22. The van der Waals surface area contributed by atoms with Crippen molar-refractivity contribution in [1.82, 2.24) is 0 Å². The largest absolute Gasteiger partial charge is 0.462 e. The summed E-state index contributed by atoms with van der Waals surface area (Å²) in [7, 11) is -3.66. The second-order valence-electron chi connectivity index (χ2n) is 6.99. The molecule has 0 saturated carbocycles. The van der Waals surface area contributed by atoms with Gasteiger partial charge in [0.1, 0.15) is 0 Å². The first kappa shape index (κ1) is 24.3. The summed E-state index contributed by atoms with van der Waals surface area (Å²) in [6.45, 7) is 3.81. The van der Waals surface area contributed by atoms with Gasteiger partial charge in [-0.3, -0.25) is 9.52 Å². The number of benzene rings is 3. The van der Waals surface area contributed by atoms with Crippen LogP contribution in [0.4, 0.5) is 11.4 Å². The minimum absolute atomic E-state index is 0.184. The fraction of sp³-hybridized carbons (Fsp3) is 0.167. The Labute approximate surface area is 197 Å². The molecule has 0 saturated heterocycles.